The molecule has 0 amide bonds. The number of nitrogens with zero attached hydrogens (tertiary/aromatic N) is 2. The highest BCUT2D eigenvalue weighted by atomic mass is 16.5. The quantitative estimate of drug-likeness (QED) is 0.846. The van der Waals surface area contributed by atoms with Crippen LogP contribution in [-0.2, 0) is 4.74 Å². The molecule has 2 rings (SSSR count). The lowest BCUT2D eigenvalue weighted by Crippen LogP contribution is -2.41. The number of methoxy groups -OCH3 is 1. The molecule has 0 aliphatic heterocycles. The van der Waals surface area contributed by atoms with Crippen LogP contribution in [0, 0.1) is 0 Å². The van der Waals surface area contributed by atoms with Crippen molar-refractivity contribution in [3.63, 3.8) is 0 Å². The molecule has 0 bridgehead atoms. The third kappa shape index (κ3) is 3.41. The fourth-order valence-electron chi connectivity index (χ4n) is 2.43. The van der Waals surface area contributed by atoms with E-state index in [1.54, 1.807) is 7.11 Å². The van der Waals surface area contributed by atoms with Crippen molar-refractivity contribution < 1.29 is 14.6 Å². The van der Waals surface area contributed by atoms with Crippen molar-refractivity contribution in [1.82, 2.24) is 9.97 Å². The van der Waals surface area contributed by atoms with Gasteiger partial charge in [0.1, 0.15) is 5.82 Å². The van der Waals surface area contributed by atoms with Crippen LogP contribution < -0.4 is 5.32 Å². The van der Waals surface area contributed by atoms with Crippen molar-refractivity contribution in [3.05, 3.63) is 18.1 Å². The molecule has 1 aliphatic carbocycles. The Morgan fingerprint density at radius 1 is 1.37 bits per heavy atom. The minimum absolute atomic E-state index is 0.0512. The van der Waals surface area contributed by atoms with E-state index in [9.17, 15) is 4.79 Å². The number of hydrogen-bond acceptors (Lipinski definition) is 5. The van der Waals surface area contributed by atoms with Gasteiger partial charge in [0.2, 0.25) is 0 Å². The number of carboxylic acid groups (broad SMARTS) is 1. The van der Waals surface area contributed by atoms with E-state index < -0.39 is 5.97 Å². The predicted octanol–water partition coefficient (Wildman–Crippen LogP) is 1.94. The number of ether oxygens (including phenoxy) is 1. The first-order valence-corrected chi connectivity index (χ1v) is 6.50. The van der Waals surface area contributed by atoms with Crippen LogP contribution in [0.15, 0.2) is 12.4 Å². The maximum absolute atomic E-state index is 10.7. The van der Waals surface area contributed by atoms with E-state index in [0.717, 1.165) is 12.8 Å². The molecule has 0 unspecified atom stereocenters. The average molecular weight is 265 g/mol. The van der Waals surface area contributed by atoms with Crippen LogP contribution in [0.5, 0.6) is 0 Å². The molecule has 0 atom stereocenters. The van der Waals surface area contributed by atoms with E-state index in [2.05, 4.69) is 15.3 Å². The van der Waals surface area contributed by atoms with Gasteiger partial charge in [-0.25, -0.2) is 14.8 Å². The van der Waals surface area contributed by atoms with Crippen LogP contribution in [0.4, 0.5) is 5.82 Å². The Balaban J connectivity index is 1.95. The Bertz CT molecular complexity index is 427. The summed E-state index contributed by atoms with van der Waals surface area (Å²) in [4.78, 5) is 18.5. The summed E-state index contributed by atoms with van der Waals surface area (Å²) in [5, 5.41) is 11.9. The molecule has 2 N–H and O–H groups in total. The van der Waals surface area contributed by atoms with Crippen LogP contribution in [0.1, 0.15) is 42.6 Å². The number of rotatable bonds is 5. The topological polar surface area (TPSA) is 84.3 Å². The summed E-state index contributed by atoms with van der Waals surface area (Å²) < 4.78 is 5.66. The number of carboxylic acids is 1. The molecule has 1 fully saturated rings. The zero-order valence-corrected chi connectivity index (χ0v) is 11.1. The summed E-state index contributed by atoms with van der Waals surface area (Å²) in [7, 11) is 1.74. The van der Waals surface area contributed by atoms with Crippen molar-refractivity contribution in [2.24, 2.45) is 0 Å². The van der Waals surface area contributed by atoms with Crippen LogP contribution in [0.3, 0.4) is 0 Å². The second kappa shape index (κ2) is 5.97. The molecule has 1 heterocycles. The maximum atomic E-state index is 10.7. The Morgan fingerprint density at radius 3 is 2.63 bits per heavy atom. The van der Waals surface area contributed by atoms with Gasteiger partial charge in [-0.1, -0.05) is 19.3 Å². The number of aromatic carboxylic acids is 1. The highest BCUT2D eigenvalue weighted by molar-refractivity contribution is 5.84. The molecule has 19 heavy (non-hydrogen) atoms. The number of aromatic nitrogens is 2. The number of anilines is 1. The number of carbonyl (C=O) groups is 1. The van der Waals surface area contributed by atoms with Gasteiger partial charge in [-0.05, 0) is 12.8 Å². The average Bonchev–Trinajstić information content (AvgIpc) is 2.46. The minimum Gasteiger partial charge on any atom is -0.476 e. The van der Waals surface area contributed by atoms with E-state index in [1.165, 1.54) is 31.7 Å². The van der Waals surface area contributed by atoms with Gasteiger partial charge in [0.05, 0.1) is 18.0 Å². The standard InChI is InChI=1S/C13H19N3O3/c1-19-13(5-3-2-4-6-13)9-16-11-8-14-10(7-15-11)12(17)18/h7-8H,2-6,9H2,1H3,(H,15,16)(H,17,18). The van der Waals surface area contributed by atoms with E-state index in [1.807, 2.05) is 0 Å². The second-order valence-electron chi connectivity index (χ2n) is 4.89. The van der Waals surface area contributed by atoms with Crippen molar-refractivity contribution in [2.45, 2.75) is 37.7 Å². The van der Waals surface area contributed by atoms with Crippen molar-refractivity contribution in [1.29, 1.82) is 0 Å². The molecule has 6 nitrogen and oxygen atoms in total. The van der Waals surface area contributed by atoms with Gasteiger partial charge in [-0.15, -0.1) is 0 Å². The van der Waals surface area contributed by atoms with Crippen molar-refractivity contribution >= 4 is 11.8 Å². The molecular formula is C13H19N3O3. The first kappa shape index (κ1) is 13.7. The van der Waals surface area contributed by atoms with E-state index in [-0.39, 0.29) is 11.3 Å². The first-order valence-electron chi connectivity index (χ1n) is 6.50. The zero-order chi connectivity index (χ0) is 13.7. The zero-order valence-electron chi connectivity index (χ0n) is 11.1. The summed E-state index contributed by atoms with van der Waals surface area (Å²) in [5.74, 6) is -0.494. The lowest BCUT2D eigenvalue weighted by Gasteiger charge is -2.36. The molecular weight excluding hydrogens is 246 g/mol. The Kier molecular flexibility index (Phi) is 4.31. The SMILES string of the molecule is COC1(CNc2cnc(C(=O)O)cn2)CCCCC1. The lowest BCUT2D eigenvalue weighted by molar-refractivity contribution is -0.0279. The molecule has 0 spiro atoms. The van der Waals surface area contributed by atoms with Crippen LogP contribution in [-0.4, -0.2) is 40.3 Å². The number of hydrogen-bond donors (Lipinski definition) is 2. The molecule has 0 radical (unpaired) electrons. The third-order valence-corrected chi connectivity index (χ3v) is 3.66. The summed E-state index contributed by atoms with van der Waals surface area (Å²) in [6.45, 7) is 0.671. The van der Waals surface area contributed by atoms with Gasteiger partial charge >= 0.3 is 5.97 Å². The monoisotopic (exact) mass is 265 g/mol. The Morgan fingerprint density at radius 2 is 2.11 bits per heavy atom. The van der Waals surface area contributed by atoms with Gasteiger partial charge in [-0.3, -0.25) is 0 Å². The summed E-state index contributed by atoms with van der Waals surface area (Å²) in [5.41, 5.74) is -0.185. The van der Waals surface area contributed by atoms with Gasteiger partial charge in [0, 0.05) is 13.7 Å². The van der Waals surface area contributed by atoms with Gasteiger partial charge in [0.25, 0.3) is 0 Å². The van der Waals surface area contributed by atoms with Crippen molar-refractivity contribution in [3.8, 4) is 0 Å². The number of nitrogens with one attached hydrogen (secondary N) is 1. The Labute approximate surface area is 112 Å². The lowest BCUT2D eigenvalue weighted by atomic mass is 9.84. The predicted molar refractivity (Wildman–Crippen MR) is 70.3 cm³/mol. The van der Waals surface area contributed by atoms with E-state index >= 15 is 0 Å². The summed E-state index contributed by atoms with van der Waals surface area (Å²) >= 11 is 0. The molecule has 104 valence electrons. The van der Waals surface area contributed by atoms with Crippen LogP contribution in [0.25, 0.3) is 0 Å². The molecule has 0 saturated heterocycles. The summed E-state index contributed by atoms with van der Waals surface area (Å²) in [6, 6.07) is 0. The molecule has 0 aromatic carbocycles. The molecule has 1 saturated carbocycles. The summed E-state index contributed by atoms with van der Waals surface area (Å²) in [6.07, 6.45) is 8.39. The second-order valence-corrected chi connectivity index (χ2v) is 4.89. The van der Waals surface area contributed by atoms with E-state index in [0.29, 0.717) is 12.4 Å². The molecule has 1 aromatic heterocycles. The van der Waals surface area contributed by atoms with Gasteiger partial charge in [0.15, 0.2) is 5.69 Å². The maximum Gasteiger partial charge on any atom is 0.356 e. The van der Waals surface area contributed by atoms with E-state index in [4.69, 9.17) is 9.84 Å². The molecule has 1 aromatic rings. The highest BCUT2D eigenvalue weighted by Gasteiger charge is 2.31. The Hall–Kier alpha value is -1.69. The fraction of sp³-hybridized carbons (Fsp3) is 0.615. The van der Waals surface area contributed by atoms with Crippen LogP contribution in [0.2, 0.25) is 0 Å². The minimum atomic E-state index is -1.07. The third-order valence-electron chi connectivity index (χ3n) is 3.66. The van der Waals surface area contributed by atoms with Crippen LogP contribution >= 0.6 is 0 Å². The molecule has 1 aliphatic rings. The van der Waals surface area contributed by atoms with Gasteiger partial charge in [-0.2, -0.15) is 0 Å². The largest absolute Gasteiger partial charge is 0.476 e. The fourth-order valence-corrected chi connectivity index (χ4v) is 2.43. The highest BCUT2D eigenvalue weighted by Crippen LogP contribution is 2.31. The normalized spacial score (nSPS) is 17.9. The van der Waals surface area contributed by atoms with Crippen molar-refractivity contribution in [2.75, 3.05) is 19.0 Å². The smallest absolute Gasteiger partial charge is 0.356 e. The van der Waals surface area contributed by atoms with Gasteiger partial charge < -0.3 is 15.2 Å². The first-order chi connectivity index (χ1) is 9.15. The molecule has 6 heteroatoms.